The third-order valence-corrected chi connectivity index (χ3v) is 3.25. The van der Waals surface area contributed by atoms with Crippen LogP contribution in [-0.4, -0.2) is 23.0 Å². The summed E-state index contributed by atoms with van der Waals surface area (Å²) in [6, 6.07) is 4.24. The zero-order valence-electron chi connectivity index (χ0n) is 10.7. The zero-order chi connectivity index (χ0) is 12.1. The average molecular weight is 233 g/mol. The monoisotopic (exact) mass is 233 g/mol. The van der Waals surface area contributed by atoms with Crippen molar-refractivity contribution in [3.05, 3.63) is 29.6 Å². The van der Waals surface area contributed by atoms with Crippen LogP contribution in [0, 0.1) is 5.92 Å². The summed E-state index contributed by atoms with van der Waals surface area (Å²) < 4.78 is 0. The summed E-state index contributed by atoms with van der Waals surface area (Å²) in [4.78, 5) is 6.80. The Balaban J connectivity index is 1.94. The van der Waals surface area contributed by atoms with Crippen LogP contribution in [0.2, 0.25) is 0 Å². The van der Waals surface area contributed by atoms with Gasteiger partial charge in [-0.3, -0.25) is 9.88 Å². The molecule has 0 saturated heterocycles. The van der Waals surface area contributed by atoms with Gasteiger partial charge in [0.2, 0.25) is 0 Å². The van der Waals surface area contributed by atoms with E-state index in [2.05, 4.69) is 28.9 Å². The number of hydrogen-bond donors (Lipinski definition) is 1. The fraction of sp³-hybridized carbons (Fsp3) is 0.643. The molecule has 17 heavy (non-hydrogen) atoms. The van der Waals surface area contributed by atoms with Gasteiger partial charge in [-0.25, -0.2) is 0 Å². The molecule has 1 aliphatic carbocycles. The molecule has 0 bridgehead atoms. The van der Waals surface area contributed by atoms with Crippen molar-refractivity contribution in [3.8, 4) is 0 Å². The minimum absolute atomic E-state index is 0.532. The van der Waals surface area contributed by atoms with Crippen molar-refractivity contribution in [1.82, 2.24) is 9.88 Å². The summed E-state index contributed by atoms with van der Waals surface area (Å²) in [5, 5.41) is 0. The summed E-state index contributed by atoms with van der Waals surface area (Å²) in [6.07, 6.45) is 5.94. The minimum Gasteiger partial charge on any atom is -0.325 e. The molecule has 94 valence electrons. The molecule has 3 nitrogen and oxygen atoms in total. The van der Waals surface area contributed by atoms with E-state index in [1.54, 1.807) is 0 Å². The fourth-order valence-electron chi connectivity index (χ4n) is 2.21. The molecular weight excluding hydrogens is 210 g/mol. The number of pyridine rings is 1. The molecule has 0 aromatic carbocycles. The van der Waals surface area contributed by atoms with E-state index in [1.165, 1.54) is 37.9 Å². The van der Waals surface area contributed by atoms with Crippen molar-refractivity contribution >= 4 is 0 Å². The van der Waals surface area contributed by atoms with Gasteiger partial charge in [-0.15, -0.1) is 0 Å². The predicted molar refractivity (Wildman–Crippen MR) is 70.4 cm³/mol. The molecule has 1 aliphatic rings. The lowest BCUT2D eigenvalue weighted by Crippen LogP contribution is -2.26. The summed E-state index contributed by atoms with van der Waals surface area (Å²) in [6.45, 7) is 6.27. The van der Waals surface area contributed by atoms with Crippen LogP contribution < -0.4 is 5.73 Å². The van der Waals surface area contributed by atoms with Gasteiger partial charge in [0.1, 0.15) is 0 Å². The second-order valence-electron chi connectivity index (χ2n) is 5.04. The van der Waals surface area contributed by atoms with Crippen molar-refractivity contribution in [2.45, 2.75) is 39.3 Å². The number of nitrogens with two attached hydrogens (primary N) is 1. The van der Waals surface area contributed by atoms with E-state index in [4.69, 9.17) is 5.73 Å². The van der Waals surface area contributed by atoms with Crippen molar-refractivity contribution in [1.29, 1.82) is 0 Å². The molecule has 0 radical (unpaired) electrons. The molecule has 2 N–H and O–H groups in total. The van der Waals surface area contributed by atoms with Gasteiger partial charge in [-0.05, 0) is 49.4 Å². The first kappa shape index (κ1) is 12.5. The molecular formula is C14H23N3. The van der Waals surface area contributed by atoms with E-state index < -0.39 is 0 Å². The number of nitrogens with zero attached hydrogens (tertiary/aromatic N) is 2. The maximum absolute atomic E-state index is 5.62. The molecule has 1 aromatic rings. The van der Waals surface area contributed by atoms with Gasteiger partial charge < -0.3 is 5.73 Å². The normalized spacial score (nSPS) is 15.5. The Hall–Kier alpha value is -0.930. The Morgan fingerprint density at radius 3 is 2.94 bits per heavy atom. The van der Waals surface area contributed by atoms with Crippen molar-refractivity contribution in [2.75, 3.05) is 13.1 Å². The van der Waals surface area contributed by atoms with E-state index in [-0.39, 0.29) is 0 Å². The third kappa shape index (κ3) is 4.10. The maximum atomic E-state index is 5.62. The molecule has 3 heteroatoms. The SMILES string of the molecule is CCCN(Cc1ccnc(CN)c1)CC1CC1. The van der Waals surface area contributed by atoms with Crippen LogP contribution >= 0.6 is 0 Å². The maximum Gasteiger partial charge on any atom is 0.0542 e. The first-order chi connectivity index (χ1) is 8.31. The van der Waals surface area contributed by atoms with Gasteiger partial charge in [0, 0.05) is 25.8 Å². The Kier molecular flexibility index (Phi) is 4.51. The van der Waals surface area contributed by atoms with Crippen molar-refractivity contribution in [2.24, 2.45) is 11.7 Å². The van der Waals surface area contributed by atoms with Crippen LogP contribution in [0.1, 0.15) is 37.4 Å². The van der Waals surface area contributed by atoms with E-state index in [0.29, 0.717) is 6.54 Å². The number of aromatic nitrogens is 1. The Bertz CT molecular complexity index is 347. The fourth-order valence-corrected chi connectivity index (χ4v) is 2.21. The Morgan fingerprint density at radius 1 is 1.47 bits per heavy atom. The van der Waals surface area contributed by atoms with Crippen LogP contribution in [-0.2, 0) is 13.1 Å². The smallest absolute Gasteiger partial charge is 0.0542 e. The highest BCUT2D eigenvalue weighted by Crippen LogP contribution is 2.30. The second-order valence-corrected chi connectivity index (χ2v) is 5.04. The van der Waals surface area contributed by atoms with Gasteiger partial charge in [0.25, 0.3) is 0 Å². The van der Waals surface area contributed by atoms with Crippen LogP contribution in [0.4, 0.5) is 0 Å². The summed E-state index contributed by atoms with van der Waals surface area (Å²) in [5.74, 6) is 0.956. The van der Waals surface area contributed by atoms with E-state index >= 15 is 0 Å². The standard InChI is InChI=1S/C14H23N3/c1-2-7-17(10-12-3-4-12)11-13-5-6-16-14(8-13)9-15/h5-6,8,12H,2-4,7,9-11,15H2,1H3. The van der Waals surface area contributed by atoms with Gasteiger partial charge >= 0.3 is 0 Å². The highest BCUT2D eigenvalue weighted by atomic mass is 15.1. The van der Waals surface area contributed by atoms with Crippen molar-refractivity contribution in [3.63, 3.8) is 0 Å². The molecule has 1 fully saturated rings. The van der Waals surface area contributed by atoms with Crippen LogP contribution in [0.15, 0.2) is 18.3 Å². The first-order valence-electron chi connectivity index (χ1n) is 6.68. The lowest BCUT2D eigenvalue weighted by Gasteiger charge is -2.21. The van der Waals surface area contributed by atoms with Gasteiger partial charge in [-0.1, -0.05) is 6.92 Å². The molecule has 0 atom stereocenters. The highest BCUT2D eigenvalue weighted by Gasteiger charge is 2.23. The van der Waals surface area contributed by atoms with Crippen LogP contribution in [0.5, 0.6) is 0 Å². The lowest BCUT2D eigenvalue weighted by atomic mass is 10.2. The molecule has 1 aromatic heterocycles. The van der Waals surface area contributed by atoms with Crippen molar-refractivity contribution < 1.29 is 0 Å². The van der Waals surface area contributed by atoms with Crippen LogP contribution in [0.25, 0.3) is 0 Å². The Morgan fingerprint density at radius 2 is 2.29 bits per heavy atom. The van der Waals surface area contributed by atoms with E-state index in [9.17, 15) is 0 Å². The molecule has 1 saturated carbocycles. The topological polar surface area (TPSA) is 42.2 Å². The molecule has 1 heterocycles. The first-order valence-corrected chi connectivity index (χ1v) is 6.68. The zero-order valence-corrected chi connectivity index (χ0v) is 10.7. The quantitative estimate of drug-likeness (QED) is 0.784. The van der Waals surface area contributed by atoms with Gasteiger partial charge in [0.15, 0.2) is 0 Å². The third-order valence-electron chi connectivity index (χ3n) is 3.25. The minimum atomic E-state index is 0.532. The molecule has 2 rings (SSSR count). The summed E-state index contributed by atoms with van der Waals surface area (Å²) >= 11 is 0. The van der Waals surface area contributed by atoms with Gasteiger partial charge in [0.05, 0.1) is 5.69 Å². The molecule has 0 amide bonds. The average Bonchev–Trinajstić information content (AvgIpc) is 3.13. The summed E-state index contributed by atoms with van der Waals surface area (Å²) in [7, 11) is 0. The lowest BCUT2D eigenvalue weighted by molar-refractivity contribution is 0.255. The number of hydrogen-bond acceptors (Lipinski definition) is 3. The Labute approximate surface area is 104 Å². The summed E-state index contributed by atoms with van der Waals surface area (Å²) in [5.41, 5.74) is 7.96. The largest absolute Gasteiger partial charge is 0.325 e. The number of rotatable bonds is 7. The molecule has 0 unspecified atom stereocenters. The molecule has 0 aliphatic heterocycles. The van der Waals surface area contributed by atoms with Gasteiger partial charge in [-0.2, -0.15) is 0 Å². The van der Waals surface area contributed by atoms with E-state index in [1.807, 2.05) is 6.20 Å². The van der Waals surface area contributed by atoms with Crippen LogP contribution in [0.3, 0.4) is 0 Å². The highest BCUT2D eigenvalue weighted by molar-refractivity contribution is 5.16. The molecule has 0 spiro atoms. The van der Waals surface area contributed by atoms with E-state index in [0.717, 1.165) is 18.2 Å². The second kappa shape index (κ2) is 6.12. The predicted octanol–water partition coefficient (Wildman–Crippen LogP) is 2.16.